The fourth-order valence-electron chi connectivity index (χ4n) is 1.05. The third-order valence-electron chi connectivity index (χ3n) is 1.92. The van der Waals surface area contributed by atoms with Gasteiger partial charge in [0, 0.05) is 5.69 Å². The molecule has 0 aliphatic carbocycles. The molecule has 1 aromatic carbocycles. The van der Waals surface area contributed by atoms with Crippen LogP contribution in [0.5, 0.6) is 5.75 Å². The van der Waals surface area contributed by atoms with E-state index in [4.69, 9.17) is 16.2 Å². The molecule has 6 heteroatoms. The predicted octanol–water partition coefficient (Wildman–Crippen LogP) is -0.164. The summed E-state index contributed by atoms with van der Waals surface area (Å²) in [6.07, 6.45) is 0. The molecule has 0 aromatic heterocycles. The van der Waals surface area contributed by atoms with Gasteiger partial charge in [0.1, 0.15) is 5.75 Å². The lowest BCUT2D eigenvalue weighted by Crippen LogP contribution is -2.32. The number of ether oxygens (including phenoxy) is 1. The highest BCUT2D eigenvalue weighted by molar-refractivity contribution is 5.94. The van der Waals surface area contributed by atoms with Crippen LogP contribution in [-0.4, -0.2) is 24.5 Å². The monoisotopic (exact) mass is 237 g/mol. The lowest BCUT2D eigenvalue weighted by Gasteiger charge is -2.08. The number of hydrogen-bond donors (Lipinski definition) is 3. The number of anilines is 1. The van der Waals surface area contributed by atoms with Crippen molar-refractivity contribution in [2.45, 2.75) is 13.0 Å². The summed E-state index contributed by atoms with van der Waals surface area (Å²) in [7, 11) is 0. The maximum Gasteiger partial charge on any atom is 0.255 e. The highest BCUT2D eigenvalue weighted by atomic mass is 16.5. The Bertz CT molecular complexity index is 401. The molecule has 0 bridgehead atoms. The molecule has 6 nitrogen and oxygen atoms in total. The van der Waals surface area contributed by atoms with Crippen molar-refractivity contribution in [3.63, 3.8) is 0 Å². The number of hydrogen-bond acceptors (Lipinski definition) is 4. The van der Waals surface area contributed by atoms with Gasteiger partial charge in [0.2, 0.25) is 5.91 Å². The van der Waals surface area contributed by atoms with Crippen molar-refractivity contribution in [1.29, 1.82) is 0 Å². The predicted molar refractivity (Wildman–Crippen MR) is 63.4 cm³/mol. The van der Waals surface area contributed by atoms with Gasteiger partial charge in [-0.25, -0.2) is 0 Å². The van der Waals surface area contributed by atoms with E-state index in [0.29, 0.717) is 11.4 Å². The van der Waals surface area contributed by atoms with Gasteiger partial charge in [0.25, 0.3) is 5.91 Å². The van der Waals surface area contributed by atoms with Gasteiger partial charge in [-0.2, -0.15) is 0 Å². The van der Waals surface area contributed by atoms with E-state index in [1.54, 1.807) is 31.2 Å². The molecule has 0 saturated heterocycles. The van der Waals surface area contributed by atoms with Gasteiger partial charge >= 0.3 is 0 Å². The van der Waals surface area contributed by atoms with Crippen molar-refractivity contribution in [2.24, 2.45) is 11.5 Å². The van der Waals surface area contributed by atoms with Crippen LogP contribution in [0.15, 0.2) is 24.3 Å². The maximum absolute atomic E-state index is 11.3. The second kappa shape index (κ2) is 5.86. The van der Waals surface area contributed by atoms with Gasteiger partial charge in [-0.1, -0.05) is 0 Å². The molecule has 0 unspecified atom stereocenters. The Kier molecular flexibility index (Phi) is 4.47. The van der Waals surface area contributed by atoms with Crippen LogP contribution in [0.1, 0.15) is 6.92 Å². The summed E-state index contributed by atoms with van der Waals surface area (Å²) >= 11 is 0. The molecule has 0 fully saturated rings. The minimum Gasteiger partial charge on any atom is -0.484 e. The number of benzene rings is 1. The summed E-state index contributed by atoms with van der Waals surface area (Å²) in [6, 6.07) is 5.98. The van der Waals surface area contributed by atoms with Crippen LogP contribution in [-0.2, 0) is 9.59 Å². The Morgan fingerprint density at radius 2 is 1.94 bits per heavy atom. The number of rotatable bonds is 5. The standard InChI is InChI=1S/C11H15N3O3/c1-7(12)11(16)14-8-2-4-9(5-3-8)17-6-10(13)15/h2-5,7H,6,12H2,1H3,(H2,13,15)(H,14,16)/t7-/m0/s1. The van der Waals surface area contributed by atoms with E-state index in [-0.39, 0.29) is 12.5 Å². The maximum atomic E-state index is 11.3. The molecule has 0 spiro atoms. The quantitative estimate of drug-likeness (QED) is 0.661. The summed E-state index contributed by atoms with van der Waals surface area (Å²) in [5, 5.41) is 2.62. The minimum atomic E-state index is -0.569. The third kappa shape index (κ3) is 4.52. The Hall–Kier alpha value is -2.08. The fraction of sp³-hybridized carbons (Fsp3) is 0.273. The summed E-state index contributed by atoms with van der Waals surface area (Å²) in [6.45, 7) is 1.42. The number of nitrogens with two attached hydrogens (primary N) is 2. The molecule has 5 N–H and O–H groups in total. The zero-order valence-electron chi connectivity index (χ0n) is 9.47. The van der Waals surface area contributed by atoms with E-state index in [1.807, 2.05) is 0 Å². The average molecular weight is 237 g/mol. The van der Waals surface area contributed by atoms with Gasteiger partial charge in [0.15, 0.2) is 6.61 Å². The molecule has 0 radical (unpaired) electrons. The van der Waals surface area contributed by atoms with Crippen LogP contribution < -0.4 is 21.5 Å². The molecule has 2 amide bonds. The van der Waals surface area contributed by atoms with Crippen molar-refractivity contribution in [3.05, 3.63) is 24.3 Å². The van der Waals surface area contributed by atoms with E-state index in [2.05, 4.69) is 5.32 Å². The number of carbonyl (C=O) groups excluding carboxylic acids is 2. The minimum absolute atomic E-state index is 0.175. The summed E-state index contributed by atoms with van der Waals surface area (Å²) < 4.78 is 5.06. The van der Waals surface area contributed by atoms with E-state index in [0.717, 1.165) is 0 Å². The van der Waals surface area contributed by atoms with Crippen molar-refractivity contribution >= 4 is 17.5 Å². The van der Waals surface area contributed by atoms with Crippen molar-refractivity contribution in [3.8, 4) is 5.75 Å². The largest absolute Gasteiger partial charge is 0.484 e. The second-order valence-electron chi connectivity index (χ2n) is 3.56. The number of primary amides is 1. The first-order valence-corrected chi connectivity index (χ1v) is 5.06. The topological polar surface area (TPSA) is 107 Å². The first-order valence-electron chi connectivity index (χ1n) is 5.06. The fourth-order valence-corrected chi connectivity index (χ4v) is 1.05. The molecule has 92 valence electrons. The Morgan fingerprint density at radius 1 is 1.35 bits per heavy atom. The highest BCUT2D eigenvalue weighted by Gasteiger charge is 2.07. The van der Waals surface area contributed by atoms with Crippen molar-refractivity contribution in [2.75, 3.05) is 11.9 Å². The summed E-state index contributed by atoms with van der Waals surface area (Å²) in [5.74, 6) is -0.308. The second-order valence-corrected chi connectivity index (χ2v) is 3.56. The van der Waals surface area contributed by atoms with Crippen molar-refractivity contribution < 1.29 is 14.3 Å². The normalized spacial score (nSPS) is 11.6. The van der Waals surface area contributed by atoms with E-state index < -0.39 is 11.9 Å². The number of amides is 2. The van der Waals surface area contributed by atoms with Gasteiger partial charge < -0.3 is 21.5 Å². The molecular weight excluding hydrogens is 222 g/mol. The molecule has 1 aromatic rings. The van der Waals surface area contributed by atoms with Crippen LogP contribution in [0.3, 0.4) is 0 Å². The Labute approximate surface area is 98.9 Å². The third-order valence-corrected chi connectivity index (χ3v) is 1.92. The summed E-state index contributed by atoms with van der Waals surface area (Å²) in [4.78, 5) is 21.8. The lowest BCUT2D eigenvalue weighted by molar-refractivity contribution is -0.120. The van der Waals surface area contributed by atoms with Crippen LogP contribution in [0.25, 0.3) is 0 Å². The zero-order valence-corrected chi connectivity index (χ0v) is 9.47. The molecular formula is C11H15N3O3. The van der Waals surface area contributed by atoms with E-state index in [9.17, 15) is 9.59 Å². The molecule has 1 atom stereocenters. The molecule has 17 heavy (non-hydrogen) atoms. The smallest absolute Gasteiger partial charge is 0.255 e. The van der Waals surface area contributed by atoms with Gasteiger partial charge in [-0.3, -0.25) is 9.59 Å². The lowest BCUT2D eigenvalue weighted by atomic mass is 10.2. The van der Waals surface area contributed by atoms with Crippen LogP contribution in [0, 0.1) is 0 Å². The molecule has 1 rings (SSSR count). The Morgan fingerprint density at radius 3 is 2.41 bits per heavy atom. The first-order chi connectivity index (χ1) is 7.99. The number of nitrogens with one attached hydrogen (secondary N) is 1. The molecule has 0 aliphatic rings. The van der Waals surface area contributed by atoms with Gasteiger partial charge in [0.05, 0.1) is 6.04 Å². The highest BCUT2D eigenvalue weighted by Crippen LogP contribution is 2.15. The first kappa shape index (κ1) is 13.0. The van der Waals surface area contributed by atoms with Gasteiger partial charge in [-0.05, 0) is 31.2 Å². The van der Waals surface area contributed by atoms with Gasteiger partial charge in [-0.15, -0.1) is 0 Å². The molecule has 0 saturated carbocycles. The Balaban J connectivity index is 2.56. The van der Waals surface area contributed by atoms with E-state index >= 15 is 0 Å². The van der Waals surface area contributed by atoms with Crippen LogP contribution in [0.2, 0.25) is 0 Å². The molecule has 0 heterocycles. The SMILES string of the molecule is C[C@H](N)C(=O)Nc1ccc(OCC(N)=O)cc1. The van der Waals surface area contributed by atoms with Crippen LogP contribution in [0.4, 0.5) is 5.69 Å². The average Bonchev–Trinajstić information content (AvgIpc) is 2.28. The number of carbonyl (C=O) groups is 2. The van der Waals surface area contributed by atoms with E-state index in [1.165, 1.54) is 0 Å². The van der Waals surface area contributed by atoms with Crippen molar-refractivity contribution in [1.82, 2.24) is 0 Å². The van der Waals surface area contributed by atoms with Crippen LogP contribution >= 0.6 is 0 Å². The zero-order chi connectivity index (χ0) is 12.8. The summed E-state index contributed by atoms with van der Waals surface area (Å²) in [5.41, 5.74) is 11.0. The molecule has 0 aliphatic heterocycles.